The van der Waals surface area contributed by atoms with E-state index in [0.29, 0.717) is 23.5 Å². The Kier molecular flexibility index (Phi) is 7.48. The van der Waals surface area contributed by atoms with E-state index in [1.165, 1.54) is 14.2 Å². The van der Waals surface area contributed by atoms with Gasteiger partial charge in [0.05, 0.1) is 7.11 Å². The Morgan fingerprint density at radius 2 is 1.53 bits per heavy atom. The maximum absolute atomic E-state index is 11.9. The van der Waals surface area contributed by atoms with Crippen molar-refractivity contribution in [2.75, 3.05) is 21.0 Å². The second-order valence-corrected chi connectivity index (χ2v) is 6.30. The molecule has 0 N–H and O–H groups in total. The average Bonchev–Trinajstić information content (AvgIpc) is 2.81. The van der Waals surface area contributed by atoms with Gasteiger partial charge < -0.3 is 18.9 Å². The lowest BCUT2D eigenvalue weighted by Crippen LogP contribution is -2.07. The largest absolute Gasteiger partial charge is 0.489 e. The van der Waals surface area contributed by atoms with Crippen molar-refractivity contribution in [3.05, 3.63) is 95.1 Å². The van der Waals surface area contributed by atoms with Crippen LogP contribution in [0.5, 0.6) is 11.5 Å². The maximum atomic E-state index is 11.9. The molecule has 0 aliphatic heterocycles. The van der Waals surface area contributed by atoms with E-state index in [4.69, 9.17) is 18.9 Å². The highest BCUT2D eigenvalue weighted by Gasteiger charge is 2.13. The molecule has 30 heavy (non-hydrogen) atoms. The minimum atomic E-state index is -0.480. The lowest BCUT2D eigenvalue weighted by molar-refractivity contribution is 0.0465. The second kappa shape index (κ2) is 10.7. The molecule has 0 unspecified atom stereocenters. The highest BCUT2D eigenvalue weighted by atomic mass is 16.7. The molecule has 0 aromatic heterocycles. The van der Waals surface area contributed by atoms with Gasteiger partial charge in [-0.2, -0.15) is 0 Å². The first-order chi connectivity index (χ1) is 14.7. The van der Waals surface area contributed by atoms with Gasteiger partial charge in [-0.05, 0) is 48.0 Å². The number of rotatable bonds is 7. The van der Waals surface area contributed by atoms with Gasteiger partial charge in [0.1, 0.15) is 23.7 Å². The quantitative estimate of drug-likeness (QED) is 0.332. The topological polar surface area (TPSA) is 54.0 Å². The van der Waals surface area contributed by atoms with E-state index < -0.39 is 5.97 Å². The highest BCUT2D eigenvalue weighted by molar-refractivity contribution is 5.92. The van der Waals surface area contributed by atoms with E-state index in [1.807, 2.05) is 54.6 Å². The van der Waals surface area contributed by atoms with Gasteiger partial charge in [-0.25, -0.2) is 4.79 Å². The Bertz CT molecular complexity index is 1030. The van der Waals surface area contributed by atoms with E-state index in [0.717, 1.165) is 16.9 Å². The molecule has 3 rings (SSSR count). The standard InChI is InChI=1S/C25H22O5/c1-27-18-30-24-16-20(12-15-23(24)25(26)28-2)9-8-19-10-13-22(14-11-19)29-17-21-6-4-3-5-7-21/h3-7,10-16H,17-18H2,1-2H3. The van der Waals surface area contributed by atoms with Gasteiger partial charge >= 0.3 is 5.97 Å². The lowest BCUT2D eigenvalue weighted by atomic mass is 10.1. The molecule has 0 amide bonds. The van der Waals surface area contributed by atoms with Crippen LogP contribution in [0.2, 0.25) is 0 Å². The summed E-state index contributed by atoms with van der Waals surface area (Å²) < 4.78 is 21.0. The Balaban J connectivity index is 1.69. The molecule has 0 atom stereocenters. The van der Waals surface area contributed by atoms with Crippen molar-refractivity contribution in [3.63, 3.8) is 0 Å². The third-order valence-corrected chi connectivity index (χ3v) is 4.17. The van der Waals surface area contributed by atoms with Gasteiger partial charge in [0.15, 0.2) is 6.79 Å². The Labute approximate surface area is 176 Å². The summed E-state index contributed by atoms with van der Waals surface area (Å²) in [5.74, 6) is 6.84. The van der Waals surface area contributed by atoms with Crippen molar-refractivity contribution in [1.82, 2.24) is 0 Å². The Hall–Kier alpha value is -3.75. The lowest BCUT2D eigenvalue weighted by Gasteiger charge is -2.09. The number of methoxy groups -OCH3 is 2. The number of carbonyl (C=O) groups is 1. The van der Waals surface area contributed by atoms with Crippen molar-refractivity contribution in [1.29, 1.82) is 0 Å². The SMILES string of the molecule is COCOc1cc(C#Cc2ccc(OCc3ccccc3)cc2)ccc1C(=O)OC. The molecular weight excluding hydrogens is 380 g/mol. The summed E-state index contributed by atoms with van der Waals surface area (Å²) >= 11 is 0. The third kappa shape index (κ3) is 5.87. The molecule has 3 aromatic rings. The summed E-state index contributed by atoms with van der Waals surface area (Å²) in [5.41, 5.74) is 2.99. The van der Waals surface area contributed by atoms with E-state index in [1.54, 1.807) is 18.2 Å². The second-order valence-electron chi connectivity index (χ2n) is 6.30. The van der Waals surface area contributed by atoms with Crippen molar-refractivity contribution in [2.24, 2.45) is 0 Å². The molecule has 0 spiro atoms. The minimum Gasteiger partial charge on any atom is -0.489 e. The molecule has 0 aliphatic rings. The molecule has 5 heteroatoms. The number of esters is 1. The molecule has 0 fully saturated rings. The molecule has 0 aliphatic carbocycles. The van der Waals surface area contributed by atoms with Crippen LogP contribution in [0.1, 0.15) is 27.0 Å². The maximum Gasteiger partial charge on any atom is 0.341 e. The molecule has 0 saturated heterocycles. The van der Waals surface area contributed by atoms with Crippen LogP contribution in [0.3, 0.4) is 0 Å². The van der Waals surface area contributed by atoms with Gasteiger partial charge in [0.25, 0.3) is 0 Å². The first-order valence-corrected chi connectivity index (χ1v) is 9.32. The first-order valence-electron chi connectivity index (χ1n) is 9.32. The van der Waals surface area contributed by atoms with Gasteiger partial charge in [-0.15, -0.1) is 0 Å². The highest BCUT2D eigenvalue weighted by Crippen LogP contribution is 2.21. The van der Waals surface area contributed by atoms with Crippen LogP contribution < -0.4 is 9.47 Å². The number of benzene rings is 3. The molecule has 0 bridgehead atoms. The normalized spacial score (nSPS) is 9.93. The monoisotopic (exact) mass is 402 g/mol. The average molecular weight is 402 g/mol. The molecule has 0 radical (unpaired) electrons. The van der Waals surface area contributed by atoms with E-state index in [-0.39, 0.29) is 6.79 Å². The predicted octanol–water partition coefficient (Wildman–Crippen LogP) is 4.43. The van der Waals surface area contributed by atoms with E-state index >= 15 is 0 Å². The van der Waals surface area contributed by atoms with Crippen molar-refractivity contribution >= 4 is 5.97 Å². The van der Waals surface area contributed by atoms with Gasteiger partial charge in [0, 0.05) is 18.2 Å². The van der Waals surface area contributed by atoms with Crippen LogP contribution in [0, 0.1) is 11.8 Å². The number of hydrogen-bond donors (Lipinski definition) is 0. The van der Waals surface area contributed by atoms with Crippen LogP contribution >= 0.6 is 0 Å². The molecule has 0 saturated carbocycles. The van der Waals surface area contributed by atoms with E-state index in [2.05, 4.69) is 11.8 Å². The zero-order valence-electron chi connectivity index (χ0n) is 16.9. The molecule has 152 valence electrons. The smallest absolute Gasteiger partial charge is 0.341 e. The molecule has 0 heterocycles. The van der Waals surface area contributed by atoms with Crippen LogP contribution in [0.15, 0.2) is 72.8 Å². The Morgan fingerprint density at radius 3 is 2.23 bits per heavy atom. The molecule has 5 nitrogen and oxygen atoms in total. The summed E-state index contributed by atoms with van der Waals surface area (Å²) in [5, 5.41) is 0. The zero-order valence-corrected chi connectivity index (χ0v) is 16.9. The fourth-order valence-corrected chi connectivity index (χ4v) is 2.64. The molecular formula is C25H22O5. The summed E-state index contributed by atoms with van der Waals surface area (Å²) in [6.45, 7) is 0.536. The minimum absolute atomic E-state index is 0.0192. The van der Waals surface area contributed by atoms with Gasteiger partial charge in [-0.3, -0.25) is 0 Å². The van der Waals surface area contributed by atoms with Crippen molar-refractivity contribution in [2.45, 2.75) is 6.61 Å². The number of ether oxygens (including phenoxy) is 4. The number of carbonyl (C=O) groups excluding carboxylic acids is 1. The fourth-order valence-electron chi connectivity index (χ4n) is 2.64. The summed E-state index contributed by atoms with van der Waals surface area (Å²) in [4.78, 5) is 11.9. The summed E-state index contributed by atoms with van der Waals surface area (Å²) in [7, 11) is 2.83. The summed E-state index contributed by atoms with van der Waals surface area (Å²) in [6.07, 6.45) is 0. The first kappa shape index (κ1) is 21.0. The zero-order chi connectivity index (χ0) is 21.2. The number of hydrogen-bond acceptors (Lipinski definition) is 5. The van der Waals surface area contributed by atoms with Gasteiger partial charge in [-0.1, -0.05) is 42.2 Å². The van der Waals surface area contributed by atoms with Gasteiger partial charge in [0.2, 0.25) is 0 Å². The van der Waals surface area contributed by atoms with Crippen molar-refractivity contribution < 1.29 is 23.7 Å². The van der Waals surface area contributed by atoms with Crippen LogP contribution in [0.25, 0.3) is 0 Å². The van der Waals surface area contributed by atoms with E-state index in [9.17, 15) is 4.79 Å². The summed E-state index contributed by atoms with van der Waals surface area (Å²) in [6, 6.07) is 22.6. The van der Waals surface area contributed by atoms with Crippen LogP contribution in [-0.4, -0.2) is 27.0 Å². The fraction of sp³-hybridized carbons (Fsp3) is 0.160. The third-order valence-electron chi connectivity index (χ3n) is 4.17. The van der Waals surface area contributed by atoms with Crippen LogP contribution in [0.4, 0.5) is 0 Å². The molecule has 3 aromatic carbocycles. The van der Waals surface area contributed by atoms with Crippen LogP contribution in [-0.2, 0) is 16.1 Å². The Morgan fingerprint density at radius 1 is 0.833 bits per heavy atom. The predicted molar refractivity (Wildman–Crippen MR) is 113 cm³/mol. The van der Waals surface area contributed by atoms with Crippen molar-refractivity contribution in [3.8, 4) is 23.3 Å².